The number of benzene rings is 1. The molecule has 0 bridgehead atoms. The average molecular weight is 444 g/mol. The fourth-order valence-electron chi connectivity index (χ4n) is 3.78. The molecule has 2 atom stereocenters. The summed E-state index contributed by atoms with van der Waals surface area (Å²) in [5.74, 6) is -0.434. The van der Waals surface area contributed by atoms with Crippen LogP contribution in [0.4, 0.5) is 4.39 Å². The van der Waals surface area contributed by atoms with Gasteiger partial charge >= 0.3 is 0 Å². The summed E-state index contributed by atoms with van der Waals surface area (Å²) in [5, 5.41) is 4.25. The number of likely N-dealkylation sites (N-methyl/N-ethyl adjacent to an activating group) is 1. The summed E-state index contributed by atoms with van der Waals surface area (Å²) in [4.78, 5) is 8.91. The molecule has 5 nitrogen and oxygen atoms in total. The molecular weight excluding hydrogens is 421 g/mol. The van der Waals surface area contributed by atoms with E-state index in [1.54, 1.807) is 18.3 Å². The zero-order chi connectivity index (χ0) is 21.3. The number of thiocarbonyl (C=S) groups is 1. The summed E-state index contributed by atoms with van der Waals surface area (Å²) in [5.41, 5.74) is 2.74. The van der Waals surface area contributed by atoms with Gasteiger partial charge in [-0.15, -0.1) is 0 Å². The van der Waals surface area contributed by atoms with Gasteiger partial charge in [0.1, 0.15) is 5.82 Å². The van der Waals surface area contributed by atoms with Gasteiger partial charge < -0.3 is 19.7 Å². The Hall–Kier alpha value is -2.48. The first kappa shape index (κ1) is 20.8. The van der Waals surface area contributed by atoms with Crippen molar-refractivity contribution >= 4 is 28.9 Å². The first-order chi connectivity index (χ1) is 14.5. The van der Waals surface area contributed by atoms with Crippen LogP contribution in [0.1, 0.15) is 23.5 Å². The minimum Gasteiger partial charge on any atom is -0.352 e. The number of aromatic nitrogens is 2. The van der Waals surface area contributed by atoms with E-state index in [0.29, 0.717) is 5.11 Å². The molecular formula is C22H23ClFN5S. The molecule has 3 aromatic rings. The lowest BCUT2D eigenvalue weighted by Crippen LogP contribution is -2.36. The van der Waals surface area contributed by atoms with E-state index in [4.69, 9.17) is 23.8 Å². The van der Waals surface area contributed by atoms with E-state index in [1.807, 2.05) is 49.1 Å². The predicted octanol–water partition coefficient (Wildman–Crippen LogP) is 4.20. The van der Waals surface area contributed by atoms with Crippen molar-refractivity contribution in [2.24, 2.45) is 0 Å². The van der Waals surface area contributed by atoms with Gasteiger partial charge in [-0.05, 0) is 68.8 Å². The molecule has 1 aliphatic rings. The lowest BCUT2D eigenvalue weighted by atomic mass is 10.0. The fourth-order valence-corrected chi connectivity index (χ4v) is 4.29. The molecule has 1 aromatic carbocycles. The Morgan fingerprint density at radius 3 is 2.73 bits per heavy atom. The highest BCUT2D eigenvalue weighted by atomic mass is 35.5. The van der Waals surface area contributed by atoms with Crippen LogP contribution in [0.2, 0.25) is 5.02 Å². The molecule has 8 heteroatoms. The average Bonchev–Trinajstić information content (AvgIpc) is 3.33. The summed E-state index contributed by atoms with van der Waals surface area (Å²) in [6, 6.07) is 14.5. The van der Waals surface area contributed by atoms with Crippen molar-refractivity contribution in [1.29, 1.82) is 0 Å². The molecule has 4 rings (SSSR count). The number of nitrogens with zero attached hydrogens (tertiary/aromatic N) is 4. The highest BCUT2D eigenvalue weighted by molar-refractivity contribution is 7.80. The highest BCUT2D eigenvalue weighted by Gasteiger charge is 2.41. The third kappa shape index (κ3) is 4.05. The van der Waals surface area contributed by atoms with E-state index in [2.05, 4.69) is 26.2 Å². The second-order valence-corrected chi connectivity index (χ2v) is 8.32. The second kappa shape index (κ2) is 8.71. The molecule has 0 spiro atoms. The molecule has 2 aromatic heterocycles. The highest BCUT2D eigenvalue weighted by Crippen LogP contribution is 2.39. The lowest BCUT2D eigenvalue weighted by Gasteiger charge is -2.29. The molecule has 1 saturated heterocycles. The van der Waals surface area contributed by atoms with Crippen LogP contribution in [0.5, 0.6) is 0 Å². The van der Waals surface area contributed by atoms with Crippen LogP contribution in [0.15, 0.2) is 60.9 Å². The molecule has 0 aliphatic carbocycles. The van der Waals surface area contributed by atoms with E-state index < -0.39 is 5.82 Å². The van der Waals surface area contributed by atoms with Gasteiger partial charge in [0.25, 0.3) is 0 Å². The number of nitrogens with one attached hydrogen (secondary N) is 1. The molecule has 0 saturated carbocycles. The number of rotatable bonds is 6. The standard InChI is InChI=1S/C22H23ClFN5S/c1-27(2)12-13-29-21(20(26-22(29)30)18-6-3-4-10-25-18)19-7-5-11-28(19)15-8-9-17(24)16(23)14-15/h3-11,14,20-21H,12-13H2,1-2H3,(H,26,30). The summed E-state index contributed by atoms with van der Waals surface area (Å²) < 4.78 is 15.8. The summed E-state index contributed by atoms with van der Waals surface area (Å²) in [7, 11) is 4.09. The summed E-state index contributed by atoms with van der Waals surface area (Å²) >= 11 is 11.8. The largest absolute Gasteiger partial charge is 0.352 e. The Bertz CT molecular complexity index is 1040. The van der Waals surface area contributed by atoms with E-state index >= 15 is 0 Å². The van der Waals surface area contributed by atoms with Crippen LogP contribution < -0.4 is 5.32 Å². The maximum Gasteiger partial charge on any atom is 0.170 e. The van der Waals surface area contributed by atoms with Crippen molar-refractivity contribution < 1.29 is 4.39 Å². The Balaban J connectivity index is 1.78. The SMILES string of the molecule is CN(C)CCN1C(=S)NC(c2ccccn2)C1c1cccn1-c1ccc(F)c(Cl)c1. The van der Waals surface area contributed by atoms with Crippen molar-refractivity contribution in [2.75, 3.05) is 27.2 Å². The van der Waals surface area contributed by atoms with Gasteiger partial charge in [0.15, 0.2) is 5.11 Å². The van der Waals surface area contributed by atoms with Crippen molar-refractivity contribution in [2.45, 2.75) is 12.1 Å². The zero-order valence-corrected chi connectivity index (χ0v) is 18.4. The molecule has 1 fully saturated rings. The Kier molecular flexibility index (Phi) is 6.04. The monoisotopic (exact) mass is 443 g/mol. The van der Waals surface area contributed by atoms with E-state index in [9.17, 15) is 4.39 Å². The lowest BCUT2D eigenvalue weighted by molar-refractivity contribution is 0.272. The topological polar surface area (TPSA) is 36.3 Å². The van der Waals surface area contributed by atoms with E-state index in [1.165, 1.54) is 6.07 Å². The van der Waals surface area contributed by atoms with Gasteiger partial charge in [-0.3, -0.25) is 4.98 Å². The van der Waals surface area contributed by atoms with Gasteiger partial charge in [-0.25, -0.2) is 4.39 Å². The number of pyridine rings is 1. The normalized spacial score (nSPS) is 18.8. The Morgan fingerprint density at radius 1 is 1.20 bits per heavy atom. The molecule has 156 valence electrons. The maximum absolute atomic E-state index is 13.7. The Labute approximate surface area is 186 Å². The molecule has 2 unspecified atom stereocenters. The van der Waals surface area contributed by atoms with Crippen molar-refractivity contribution in [3.05, 3.63) is 83.2 Å². The number of hydrogen-bond acceptors (Lipinski definition) is 3. The third-order valence-electron chi connectivity index (χ3n) is 5.25. The van der Waals surface area contributed by atoms with Crippen LogP contribution in [0.25, 0.3) is 5.69 Å². The molecule has 0 amide bonds. The van der Waals surface area contributed by atoms with Crippen LogP contribution in [0, 0.1) is 5.82 Å². The maximum atomic E-state index is 13.7. The van der Waals surface area contributed by atoms with Crippen molar-refractivity contribution in [3.8, 4) is 5.69 Å². The quantitative estimate of drug-likeness (QED) is 0.578. The van der Waals surface area contributed by atoms with E-state index in [-0.39, 0.29) is 17.1 Å². The second-order valence-electron chi connectivity index (χ2n) is 7.52. The molecule has 3 heterocycles. The number of hydrogen-bond donors (Lipinski definition) is 1. The molecule has 0 radical (unpaired) electrons. The summed E-state index contributed by atoms with van der Waals surface area (Å²) in [6.45, 7) is 1.62. The van der Waals surface area contributed by atoms with Gasteiger partial charge in [-0.1, -0.05) is 17.7 Å². The number of halogens is 2. The molecule has 1 N–H and O–H groups in total. The fraction of sp³-hybridized carbons (Fsp3) is 0.273. The minimum atomic E-state index is -0.434. The van der Waals surface area contributed by atoms with Crippen LogP contribution in [-0.4, -0.2) is 51.6 Å². The smallest absolute Gasteiger partial charge is 0.170 e. The van der Waals surface area contributed by atoms with Gasteiger partial charge in [0.05, 0.1) is 22.8 Å². The van der Waals surface area contributed by atoms with Crippen molar-refractivity contribution in [1.82, 2.24) is 24.7 Å². The van der Waals surface area contributed by atoms with Crippen LogP contribution in [-0.2, 0) is 0 Å². The van der Waals surface area contributed by atoms with E-state index in [0.717, 1.165) is 30.2 Å². The minimum absolute atomic E-state index is 0.0776. The zero-order valence-electron chi connectivity index (χ0n) is 16.8. The Morgan fingerprint density at radius 2 is 2.03 bits per heavy atom. The third-order valence-corrected chi connectivity index (χ3v) is 5.89. The van der Waals surface area contributed by atoms with Gasteiger partial charge in [0, 0.05) is 36.9 Å². The van der Waals surface area contributed by atoms with Crippen LogP contribution >= 0.6 is 23.8 Å². The van der Waals surface area contributed by atoms with Gasteiger partial charge in [-0.2, -0.15) is 0 Å². The molecule has 30 heavy (non-hydrogen) atoms. The van der Waals surface area contributed by atoms with Crippen molar-refractivity contribution in [3.63, 3.8) is 0 Å². The first-order valence-corrected chi connectivity index (χ1v) is 10.5. The summed E-state index contributed by atoms with van der Waals surface area (Å²) in [6.07, 6.45) is 3.75. The molecule has 1 aliphatic heterocycles. The predicted molar refractivity (Wildman–Crippen MR) is 121 cm³/mol. The van der Waals surface area contributed by atoms with Gasteiger partial charge in [0.2, 0.25) is 0 Å². The van der Waals surface area contributed by atoms with Crippen LogP contribution in [0.3, 0.4) is 0 Å². The first-order valence-electron chi connectivity index (χ1n) is 9.71.